The van der Waals surface area contributed by atoms with E-state index in [2.05, 4.69) is 0 Å². The number of rotatable bonds is 11. The highest BCUT2D eigenvalue weighted by Crippen LogP contribution is 2.39. The summed E-state index contributed by atoms with van der Waals surface area (Å²) in [6, 6.07) is 0. The van der Waals surface area contributed by atoms with Gasteiger partial charge in [-0.3, -0.25) is 9.59 Å². The molecule has 0 bridgehead atoms. The molecular formula is C29H54N2O6. The van der Waals surface area contributed by atoms with E-state index >= 15 is 0 Å². The lowest BCUT2D eigenvalue weighted by Crippen LogP contribution is -2.60. The van der Waals surface area contributed by atoms with Crippen molar-refractivity contribution in [3.8, 4) is 0 Å². The lowest BCUT2D eigenvalue weighted by atomic mass is 9.80. The number of ether oxygens (including phenoxy) is 2. The zero-order valence-electron chi connectivity index (χ0n) is 24.9. The van der Waals surface area contributed by atoms with Gasteiger partial charge in [-0.1, -0.05) is 32.6 Å². The second-order valence-corrected chi connectivity index (χ2v) is 14.1. The molecule has 0 aromatic rings. The first-order chi connectivity index (χ1) is 16.9. The first kappa shape index (κ1) is 32.0. The van der Waals surface area contributed by atoms with Crippen LogP contribution in [0.4, 0.5) is 0 Å². The molecule has 2 fully saturated rings. The molecule has 0 amide bonds. The average molecular weight is 527 g/mol. The van der Waals surface area contributed by atoms with Gasteiger partial charge in [0.2, 0.25) is 0 Å². The van der Waals surface area contributed by atoms with Crippen molar-refractivity contribution in [1.82, 2.24) is 10.1 Å². The van der Waals surface area contributed by atoms with E-state index in [-0.39, 0.29) is 30.1 Å². The molecule has 1 atom stereocenters. The normalized spacial score (nSPS) is 24.9. The van der Waals surface area contributed by atoms with Crippen LogP contribution in [0.15, 0.2) is 0 Å². The number of hydrogen-bond donors (Lipinski definition) is 2. The van der Waals surface area contributed by atoms with Gasteiger partial charge in [-0.05, 0) is 68.2 Å². The molecule has 8 nitrogen and oxygen atoms in total. The number of carbonyl (C=O) groups is 2. The number of unbranched alkanes of at least 4 members (excludes halogenated alkanes) is 4. The van der Waals surface area contributed by atoms with Gasteiger partial charge in [0, 0.05) is 54.3 Å². The van der Waals surface area contributed by atoms with Gasteiger partial charge in [0.05, 0.1) is 5.92 Å². The summed E-state index contributed by atoms with van der Waals surface area (Å²) in [5.41, 5.74) is -1.74. The van der Waals surface area contributed by atoms with Crippen molar-refractivity contribution >= 4 is 11.9 Å². The highest BCUT2D eigenvalue weighted by atomic mass is 16.6. The van der Waals surface area contributed by atoms with Crippen LogP contribution < -0.4 is 0 Å². The highest BCUT2D eigenvalue weighted by Gasteiger charge is 2.47. The number of esters is 2. The number of hydroxylamine groups is 4. The van der Waals surface area contributed by atoms with Crippen molar-refractivity contribution < 1.29 is 29.5 Å². The number of carbonyl (C=O) groups excluding carboxylic acids is 2. The van der Waals surface area contributed by atoms with Crippen LogP contribution in [-0.4, -0.2) is 66.8 Å². The van der Waals surface area contributed by atoms with Gasteiger partial charge in [-0.15, -0.1) is 0 Å². The molecule has 8 heteroatoms. The quantitative estimate of drug-likeness (QED) is 0.240. The largest absolute Gasteiger partial charge is 0.462 e. The van der Waals surface area contributed by atoms with E-state index in [1.807, 2.05) is 62.3 Å². The maximum absolute atomic E-state index is 12.7. The Labute approximate surface area is 225 Å². The number of hydrogen-bond acceptors (Lipinski definition) is 8. The van der Waals surface area contributed by atoms with Gasteiger partial charge in [0.25, 0.3) is 0 Å². The second kappa shape index (κ2) is 12.3. The van der Waals surface area contributed by atoms with Crippen LogP contribution in [0.3, 0.4) is 0 Å². The predicted octanol–water partition coefficient (Wildman–Crippen LogP) is 6.26. The second-order valence-electron chi connectivity index (χ2n) is 14.1. The van der Waals surface area contributed by atoms with E-state index < -0.39 is 22.2 Å². The predicted molar refractivity (Wildman–Crippen MR) is 143 cm³/mol. The lowest BCUT2D eigenvalue weighted by molar-refractivity contribution is -0.260. The Morgan fingerprint density at radius 1 is 0.703 bits per heavy atom. The number of nitrogens with zero attached hydrogens (tertiary/aromatic N) is 2. The molecule has 0 radical (unpaired) electrons. The van der Waals surface area contributed by atoms with Gasteiger partial charge < -0.3 is 19.9 Å². The number of piperidine rings is 2. The Morgan fingerprint density at radius 2 is 1.08 bits per heavy atom. The molecule has 37 heavy (non-hydrogen) atoms. The Morgan fingerprint density at radius 3 is 1.54 bits per heavy atom. The minimum Gasteiger partial charge on any atom is -0.462 e. The summed E-state index contributed by atoms with van der Waals surface area (Å²) in [6.07, 6.45) is 8.09. The Bertz CT molecular complexity index is 742. The molecule has 2 saturated heterocycles. The summed E-state index contributed by atoms with van der Waals surface area (Å²) in [5.74, 6) is -0.450. The fourth-order valence-electron chi connectivity index (χ4n) is 6.42. The Balaban J connectivity index is 1.60. The van der Waals surface area contributed by atoms with Crippen LogP contribution in [0.2, 0.25) is 0 Å². The third-order valence-electron chi connectivity index (χ3n) is 8.20. The molecule has 2 aliphatic rings. The Hall–Kier alpha value is -1.22. The molecule has 2 heterocycles. The molecule has 0 saturated carbocycles. The van der Waals surface area contributed by atoms with Crippen molar-refractivity contribution in [2.45, 2.75) is 167 Å². The topological polar surface area (TPSA) is 99.5 Å². The molecule has 1 unspecified atom stereocenters. The van der Waals surface area contributed by atoms with Crippen molar-refractivity contribution in [1.29, 1.82) is 0 Å². The first-order valence-corrected chi connectivity index (χ1v) is 14.3. The van der Waals surface area contributed by atoms with Crippen LogP contribution in [0.5, 0.6) is 0 Å². The van der Waals surface area contributed by atoms with Crippen molar-refractivity contribution in [2.75, 3.05) is 0 Å². The molecule has 0 aliphatic carbocycles. The summed E-state index contributed by atoms with van der Waals surface area (Å²) in [7, 11) is 0. The molecule has 0 aromatic carbocycles. The Kier molecular flexibility index (Phi) is 10.6. The zero-order chi connectivity index (χ0) is 28.2. The van der Waals surface area contributed by atoms with Gasteiger partial charge in [0.1, 0.15) is 12.2 Å². The third-order valence-corrected chi connectivity index (χ3v) is 8.20. The van der Waals surface area contributed by atoms with E-state index in [9.17, 15) is 20.0 Å². The fourth-order valence-corrected chi connectivity index (χ4v) is 6.42. The monoisotopic (exact) mass is 526 g/mol. The van der Waals surface area contributed by atoms with Crippen molar-refractivity contribution in [3.63, 3.8) is 0 Å². The van der Waals surface area contributed by atoms with E-state index in [4.69, 9.17) is 9.47 Å². The van der Waals surface area contributed by atoms with E-state index in [1.165, 1.54) is 10.1 Å². The van der Waals surface area contributed by atoms with Crippen LogP contribution >= 0.6 is 0 Å². The van der Waals surface area contributed by atoms with Crippen LogP contribution in [0.1, 0.15) is 133 Å². The van der Waals surface area contributed by atoms with Gasteiger partial charge in [-0.2, -0.15) is 10.1 Å². The third kappa shape index (κ3) is 8.91. The average Bonchev–Trinajstić information content (AvgIpc) is 2.74. The van der Waals surface area contributed by atoms with Crippen LogP contribution in [-0.2, 0) is 19.1 Å². The van der Waals surface area contributed by atoms with Gasteiger partial charge in [-0.25, -0.2) is 0 Å². The minimum atomic E-state index is -0.438. The molecule has 216 valence electrons. The SMILES string of the molecule is CC(CCCCCCCC(=O)OC1CC(C)(C)N(O)C(C)(C)C1)C(=O)OC1CC(C)(C)N(O)C(C)(C)C1. The maximum atomic E-state index is 12.7. The molecular weight excluding hydrogens is 472 g/mol. The van der Waals surface area contributed by atoms with Gasteiger partial charge in [0.15, 0.2) is 0 Å². The highest BCUT2D eigenvalue weighted by molar-refractivity contribution is 5.72. The van der Waals surface area contributed by atoms with E-state index in [1.54, 1.807) is 0 Å². The minimum absolute atomic E-state index is 0.146. The maximum Gasteiger partial charge on any atom is 0.308 e. The van der Waals surface area contributed by atoms with Crippen molar-refractivity contribution in [3.05, 3.63) is 0 Å². The first-order valence-electron chi connectivity index (χ1n) is 14.3. The zero-order valence-corrected chi connectivity index (χ0v) is 24.9. The van der Waals surface area contributed by atoms with Crippen LogP contribution in [0, 0.1) is 5.92 Å². The molecule has 2 aliphatic heterocycles. The van der Waals surface area contributed by atoms with Crippen molar-refractivity contribution in [2.24, 2.45) is 5.92 Å². The molecule has 0 aromatic heterocycles. The molecule has 2 N–H and O–H groups in total. The lowest BCUT2D eigenvalue weighted by Gasteiger charge is -2.51. The van der Waals surface area contributed by atoms with Crippen LogP contribution in [0.25, 0.3) is 0 Å². The standard InChI is InChI=1S/C29H54N2O6/c1-21(25(33)37-23-19-28(6,7)31(35)29(8,9)20-23)15-13-11-10-12-14-16-24(32)36-22-17-26(2,3)30(34)27(4,5)18-22/h21-23,34-35H,10-20H2,1-9H3. The summed E-state index contributed by atoms with van der Waals surface area (Å²) in [6.45, 7) is 17.7. The smallest absolute Gasteiger partial charge is 0.308 e. The van der Waals surface area contributed by atoms with Gasteiger partial charge >= 0.3 is 11.9 Å². The summed E-state index contributed by atoms with van der Waals surface area (Å²) in [5, 5.41) is 23.6. The molecule has 2 rings (SSSR count). The summed E-state index contributed by atoms with van der Waals surface area (Å²) < 4.78 is 11.6. The van der Waals surface area contributed by atoms with E-state index in [0.29, 0.717) is 32.1 Å². The fraction of sp³-hybridized carbons (Fsp3) is 0.931. The molecule has 0 spiro atoms. The summed E-state index contributed by atoms with van der Waals surface area (Å²) in [4.78, 5) is 25.0. The van der Waals surface area contributed by atoms with E-state index in [0.717, 1.165) is 38.5 Å². The summed E-state index contributed by atoms with van der Waals surface area (Å²) >= 11 is 0.